The van der Waals surface area contributed by atoms with Gasteiger partial charge in [0, 0.05) is 18.5 Å². The number of rotatable bonds is 17. The zero-order valence-electron chi connectivity index (χ0n) is 27.1. The lowest BCUT2D eigenvalue weighted by atomic mass is 9.82. The van der Waals surface area contributed by atoms with Gasteiger partial charge < -0.3 is 30.0 Å². The Morgan fingerprint density at radius 2 is 1.72 bits per heavy atom. The number of nitrogens with one attached hydrogen (secondary N) is 2. The van der Waals surface area contributed by atoms with E-state index in [1.807, 2.05) is 55.5 Å². The number of carbonyl (C=O) groups excluding carboxylic acids is 2. The fourth-order valence-electron chi connectivity index (χ4n) is 4.68. The van der Waals surface area contributed by atoms with Crippen LogP contribution in [0.3, 0.4) is 0 Å². The van der Waals surface area contributed by atoms with Gasteiger partial charge in [-0.15, -0.1) is 0 Å². The Labute approximate surface area is 258 Å². The van der Waals surface area contributed by atoms with E-state index in [4.69, 9.17) is 14.2 Å². The highest BCUT2D eigenvalue weighted by atomic mass is 16.6. The minimum Gasteiger partial charge on any atom is -0.493 e. The largest absolute Gasteiger partial charge is 0.493 e. The van der Waals surface area contributed by atoms with E-state index in [2.05, 4.69) is 31.1 Å². The van der Waals surface area contributed by atoms with E-state index in [-0.39, 0.29) is 29.7 Å². The lowest BCUT2D eigenvalue weighted by molar-refractivity contribution is -0.117. The zero-order chi connectivity index (χ0) is 32.0. The summed E-state index contributed by atoms with van der Waals surface area (Å²) in [4.78, 5) is 25.3. The molecule has 2 aromatic rings. The molecule has 0 aliphatic carbocycles. The van der Waals surface area contributed by atoms with Crippen LogP contribution in [0.15, 0.2) is 60.7 Å². The predicted molar refractivity (Wildman–Crippen MR) is 171 cm³/mol. The molecule has 0 fully saturated rings. The quantitative estimate of drug-likeness (QED) is 0.140. The summed E-state index contributed by atoms with van der Waals surface area (Å²) in [6.07, 6.45) is 1.37. The summed E-state index contributed by atoms with van der Waals surface area (Å²) < 4.78 is 17.2. The van der Waals surface area contributed by atoms with Crippen molar-refractivity contribution in [1.82, 2.24) is 10.6 Å². The van der Waals surface area contributed by atoms with E-state index in [1.165, 1.54) is 0 Å². The molecule has 238 valence electrons. The van der Waals surface area contributed by atoms with Crippen LogP contribution in [0.5, 0.6) is 11.5 Å². The molecule has 0 spiro atoms. The van der Waals surface area contributed by atoms with Crippen molar-refractivity contribution in [2.75, 3.05) is 13.7 Å². The Hall–Kier alpha value is -3.52. The number of hydrogen-bond donors (Lipinski definition) is 3. The molecule has 0 bridgehead atoms. The molecule has 8 nitrogen and oxygen atoms in total. The van der Waals surface area contributed by atoms with Crippen molar-refractivity contribution in [2.45, 2.75) is 98.0 Å². The van der Waals surface area contributed by atoms with E-state index in [0.29, 0.717) is 37.5 Å². The normalized spacial score (nSPS) is 13.5. The number of aliphatic hydroxyl groups excluding tert-OH is 1. The van der Waals surface area contributed by atoms with E-state index >= 15 is 0 Å². The van der Waals surface area contributed by atoms with E-state index in [1.54, 1.807) is 27.9 Å². The zero-order valence-corrected chi connectivity index (χ0v) is 27.1. The molecule has 0 aliphatic rings. The summed E-state index contributed by atoms with van der Waals surface area (Å²) in [5.74, 6) is 1.32. The first-order valence-electron chi connectivity index (χ1n) is 15.3. The number of unbranched alkanes of at least 4 members (excludes halogenated alkanes) is 1. The molecule has 0 heterocycles. The van der Waals surface area contributed by atoms with Crippen LogP contribution in [0, 0.1) is 11.8 Å². The first-order valence-corrected chi connectivity index (χ1v) is 15.3. The number of alkyl carbamates (subject to hydrolysis) is 1. The van der Waals surface area contributed by atoms with Crippen molar-refractivity contribution in [3.05, 3.63) is 71.8 Å². The van der Waals surface area contributed by atoms with Gasteiger partial charge in [0.2, 0.25) is 5.91 Å². The molecule has 3 atom stereocenters. The third-order valence-corrected chi connectivity index (χ3v) is 7.22. The number of methoxy groups -OCH3 is 1. The third kappa shape index (κ3) is 13.1. The highest BCUT2D eigenvalue weighted by molar-refractivity contribution is 5.92. The van der Waals surface area contributed by atoms with Crippen LogP contribution in [-0.4, -0.2) is 48.5 Å². The third-order valence-electron chi connectivity index (χ3n) is 7.22. The Balaban J connectivity index is 2.22. The fraction of sp³-hybridized carbons (Fsp3) is 0.543. The molecule has 0 unspecified atom stereocenters. The van der Waals surface area contributed by atoms with Gasteiger partial charge in [-0.1, -0.05) is 70.2 Å². The maximum Gasteiger partial charge on any atom is 0.407 e. The van der Waals surface area contributed by atoms with Crippen molar-refractivity contribution in [2.24, 2.45) is 11.8 Å². The second-order valence-electron chi connectivity index (χ2n) is 12.4. The van der Waals surface area contributed by atoms with Gasteiger partial charge in [-0.2, -0.15) is 0 Å². The molecule has 2 rings (SSSR count). The van der Waals surface area contributed by atoms with Crippen molar-refractivity contribution in [1.29, 1.82) is 0 Å². The molecule has 8 heteroatoms. The number of hydrogen-bond acceptors (Lipinski definition) is 6. The molecule has 0 saturated heterocycles. The lowest BCUT2D eigenvalue weighted by Gasteiger charge is -2.31. The molecule has 43 heavy (non-hydrogen) atoms. The lowest BCUT2D eigenvalue weighted by Crippen LogP contribution is -2.47. The molecule has 2 amide bonds. The molecule has 3 N–H and O–H groups in total. The molecule has 0 saturated carbocycles. The van der Waals surface area contributed by atoms with Crippen LogP contribution in [0.25, 0.3) is 0 Å². The first-order chi connectivity index (χ1) is 20.3. The maximum absolute atomic E-state index is 12.8. The van der Waals surface area contributed by atoms with E-state index in [9.17, 15) is 14.7 Å². The minimum atomic E-state index is -1.03. The second kappa shape index (κ2) is 17.6. The Morgan fingerprint density at radius 3 is 2.33 bits per heavy atom. The number of aliphatic hydroxyl groups is 1. The number of amides is 2. The predicted octanol–water partition coefficient (Wildman–Crippen LogP) is 6.60. The summed E-state index contributed by atoms with van der Waals surface area (Å²) in [5.41, 5.74) is 1.68. The maximum atomic E-state index is 12.8. The molecular formula is C35H52N2O6. The number of carbonyl (C=O) groups is 2. The van der Waals surface area contributed by atoms with Crippen LogP contribution in [0.4, 0.5) is 4.79 Å². The van der Waals surface area contributed by atoms with Gasteiger partial charge >= 0.3 is 6.09 Å². The second-order valence-corrected chi connectivity index (χ2v) is 12.4. The van der Waals surface area contributed by atoms with Crippen LogP contribution in [-0.2, 0) is 22.6 Å². The van der Waals surface area contributed by atoms with E-state index in [0.717, 1.165) is 24.0 Å². The first kappa shape index (κ1) is 35.7. The standard InChI is InChI=1S/C35H52N2O6/c1-9-10-18-36-33(39)25(4)19-30(38)29(37-34(40)43-35(5,6)7)22-28(24(2)3)20-27-16-17-31(41-8)32(21-27)42-23-26-14-12-11-13-15-26/h11-17,21,24,28-30,38H,4,9-10,18-20,22-23H2,1-3,5-8H3,(H,36,39)(H,37,40)/t28-,29-,30-/m0/s1. The highest BCUT2D eigenvalue weighted by Crippen LogP contribution is 2.32. The van der Waals surface area contributed by atoms with Gasteiger partial charge in [-0.25, -0.2) is 4.79 Å². The van der Waals surface area contributed by atoms with Crippen LogP contribution in [0.2, 0.25) is 0 Å². The van der Waals surface area contributed by atoms with Crippen molar-refractivity contribution < 1.29 is 28.9 Å². The van der Waals surface area contributed by atoms with Gasteiger partial charge in [0.15, 0.2) is 11.5 Å². The average molecular weight is 597 g/mol. The van der Waals surface area contributed by atoms with Gasteiger partial charge in [0.1, 0.15) is 12.2 Å². The summed E-state index contributed by atoms with van der Waals surface area (Å²) in [5, 5.41) is 17.0. The number of ether oxygens (including phenoxy) is 3. The molecular weight excluding hydrogens is 544 g/mol. The van der Waals surface area contributed by atoms with Gasteiger partial charge in [0.25, 0.3) is 0 Å². The topological polar surface area (TPSA) is 106 Å². The summed E-state index contributed by atoms with van der Waals surface area (Å²) in [6, 6.07) is 15.2. The summed E-state index contributed by atoms with van der Waals surface area (Å²) in [6.45, 7) is 16.5. The number of benzene rings is 2. The highest BCUT2D eigenvalue weighted by Gasteiger charge is 2.30. The Bertz CT molecular complexity index is 1160. The van der Waals surface area contributed by atoms with Crippen LogP contribution >= 0.6 is 0 Å². The molecule has 0 aromatic heterocycles. The van der Waals surface area contributed by atoms with Crippen LogP contribution < -0.4 is 20.1 Å². The fourth-order valence-corrected chi connectivity index (χ4v) is 4.68. The van der Waals surface area contributed by atoms with Crippen molar-refractivity contribution in [3.63, 3.8) is 0 Å². The van der Waals surface area contributed by atoms with Crippen molar-refractivity contribution in [3.8, 4) is 11.5 Å². The van der Waals surface area contributed by atoms with Gasteiger partial charge in [0.05, 0.1) is 19.3 Å². The van der Waals surface area contributed by atoms with Crippen LogP contribution in [0.1, 0.15) is 78.4 Å². The minimum absolute atomic E-state index is 0.0310. The van der Waals surface area contributed by atoms with Gasteiger partial charge in [-0.3, -0.25) is 4.79 Å². The Kier molecular flexibility index (Phi) is 14.6. The average Bonchev–Trinajstić information content (AvgIpc) is 2.94. The Morgan fingerprint density at radius 1 is 1.02 bits per heavy atom. The summed E-state index contributed by atoms with van der Waals surface area (Å²) >= 11 is 0. The summed E-state index contributed by atoms with van der Waals surface area (Å²) in [7, 11) is 1.62. The van der Waals surface area contributed by atoms with Gasteiger partial charge in [-0.05, 0) is 75.1 Å². The SMILES string of the molecule is C=C(C[C@H](O)[C@H](C[C@H](Cc1ccc(OC)c(OCc2ccccc2)c1)C(C)C)NC(=O)OC(C)(C)C)C(=O)NCCCC. The molecule has 0 aliphatic heterocycles. The molecule has 0 radical (unpaired) electrons. The van der Waals surface area contributed by atoms with E-state index < -0.39 is 23.8 Å². The molecule has 2 aromatic carbocycles. The van der Waals surface area contributed by atoms with Crippen molar-refractivity contribution >= 4 is 12.0 Å². The smallest absolute Gasteiger partial charge is 0.407 e. The monoisotopic (exact) mass is 596 g/mol.